The number of esters is 3. The quantitative estimate of drug-likeness (QED) is 0.160. The lowest BCUT2D eigenvalue weighted by Crippen LogP contribution is -2.11. The third-order valence-corrected chi connectivity index (χ3v) is 4.61. The van der Waals surface area contributed by atoms with Gasteiger partial charge >= 0.3 is 17.9 Å². The summed E-state index contributed by atoms with van der Waals surface area (Å²) in [6, 6.07) is 13.2. The minimum absolute atomic E-state index is 0.0236. The van der Waals surface area contributed by atoms with Crippen LogP contribution in [0.5, 0.6) is 17.2 Å². The summed E-state index contributed by atoms with van der Waals surface area (Å²) in [4.78, 5) is 34.7. The van der Waals surface area contributed by atoms with E-state index in [0.29, 0.717) is 55.3 Å². The van der Waals surface area contributed by atoms with E-state index in [1.807, 2.05) is 0 Å². The van der Waals surface area contributed by atoms with Crippen molar-refractivity contribution in [2.75, 3.05) is 33.0 Å². The molecule has 0 amide bonds. The van der Waals surface area contributed by atoms with Crippen molar-refractivity contribution < 1.29 is 43.2 Å². The van der Waals surface area contributed by atoms with Crippen LogP contribution >= 0.6 is 0 Å². The number of carbonyl (C=O) groups is 3. The van der Waals surface area contributed by atoms with Crippen molar-refractivity contribution in [3.63, 3.8) is 0 Å². The van der Waals surface area contributed by atoms with Crippen molar-refractivity contribution in [3.05, 3.63) is 78.9 Å². The van der Waals surface area contributed by atoms with Crippen LogP contribution in [0.3, 0.4) is 0 Å². The molecule has 0 fully saturated rings. The van der Waals surface area contributed by atoms with Gasteiger partial charge in [0, 0.05) is 12.5 Å². The van der Waals surface area contributed by atoms with Gasteiger partial charge in [0.15, 0.2) is 0 Å². The van der Waals surface area contributed by atoms with Gasteiger partial charge in [0.05, 0.1) is 44.2 Å². The Labute approximate surface area is 209 Å². The number of hydrogen-bond donors (Lipinski definition) is 1. The van der Waals surface area contributed by atoms with Crippen molar-refractivity contribution in [1.29, 1.82) is 0 Å². The molecule has 0 atom stereocenters. The molecule has 9 nitrogen and oxygen atoms in total. The molecule has 0 aliphatic carbocycles. The lowest BCUT2D eigenvalue weighted by molar-refractivity contribution is -0.140. The molecule has 0 aliphatic heterocycles. The Morgan fingerprint density at radius 1 is 0.750 bits per heavy atom. The van der Waals surface area contributed by atoms with Gasteiger partial charge in [0.1, 0.15) is 17.2 Å². The van der Waals surface area contributed by atoms with Crippen LogP contribution in [0, 0.1) is 0 Å². The van der Waals surface area contributed by atoms with Crippen molar-refractivity contribution in [2.45, 2.75) is 19.3 Å². The smallest absolute Gasteiger partial charge is 0.343 e. The maximum absolute atomic E-state index is 12.4. The zero-order valence-corrected chi connectivity index (χ0v) is 20.0. The lowest BCUT2D eigenvalue weighted by atomic mass is 10.2. The molecule has 0 saturated carbocycles. The number of benzene rings is 2. The number of hydrogen-bond acceptors (Lipinski definition) is 9. The first-order valence-corrected chi connectivity index (χ1v) is 11.4. The first-order chi connectivity index (χ1) is 17.4. The molecular formula is C27H30O9. The normalized spacial score (nSPS) is 10.1. The van der Waals surface area contributed by atoms with E-state index in [-0.39, 0.29) is 18.8 Å². The van der Waals surface area contributed by atoms with Gasteiger partial charge in [0.25, 0.3) is 0 Å². The van der Waals surface area contributed by atoms with Crippen LogP contribution in [0.2, 0.25) is 0 Å². The van der Waals surface area contributed by atoms with Gasteiger partial charge in [-0.1, -0.05) is 13.2 Å². The van der Waals surface area contributed by atoms with Gasteiger partial charge in [-0.3, -0.25) is 0 Å². The molecule has 0 bridgehead atoms. The van der Waals surface area contributed by atoms with E-state index in [2.05, 4.69) is 13.2 Å². The summed E-state index contributed by atoms with van der Waals surface area (Å²) in [6.07, 6.45) is 2.90. The van der Waals surface area contributed by atoms with Gasteiger partial charge < -0.3 is 28.8 Å². The fraction of sp³-hybridized carbons (Fsp3) is 0.296. The second kappa shape index (κ2) is 15.7. The summed E-state index contributed by atoms with van der Waals surface area (Å²) < 4.78 is 26.4. The standard InChI is InChI=1S/C27H30O9/c1-3-25(29)34-18-6-17-33-22-9-7-21(8-10-22)27(31)36-24-13-11-23(12-14-24)32-15-4-5-16-35-26(30)20(2)19-28/h3,7-14,28H,1-2,4-6,15-19H2. The Morgan fingerprint density at radius 2 is 1.28 bits per heavy atom. The monoisotopic (exact) mass is 498 g/mol. The van der Waals surface area contributed by atoms with E-state index in [9.17, 15) is 14.4 Å². The van der Waals surface area contributed by atoms with Crippen LogP contribution in [-0.2, 0) is 19.1 Å². The van der Waals surface area contributed by atoms with Gasteiger partial charge in [-0.15, -0.1) is 0 Å². The topological polar surface area (TPSA) is 118 Å². The molecule has 1 N–H and O–H groups in total. The Morgan fingerprint density at radius 3 is 1.89 bits per heavy atom. The molecule has 9 heteroatoms. The maximum Gasteiger partial charge on any atom is 0.343 e. The highest BCUT2D eigenvalue weighted by atomic mass is 16.5. The number of carbonyl (C=O) groups excluding carboxylic acids is 3. The molecule has 0 aromatic heterocycles. The minimum atomic E-state index is -0.603. The highest BCUT2D eigenvalue weighted by Gasteiger charge is 2.10. The number of aliphatic hydroxyl groups is 1. The summed E-state index contributed by atoms with van der Waals surface area (Å²) in [5.41, 5.74) is 0.390. The van der Waals surface area contributed by atoms with Gasteiger partial charge in [0.2, 0.25) is 0 Å². The van der Waals surface area contributed by atoms with Crippen LogP contribution in [0.25, 0.3) is 0 Å². The number of unbranched alkanes of at least 4 members (excludes halogenated alkanes) is 1. The molecule has 36 heavy (non-hydrogen) atoms. The summed E-state index contributed by atoms with van der Waals surface area (Å²) in [6.45, 7) is 7.53. The maximum atomic E-state index is 12.4. The van der Waals surface area contributed by atoms with Crippen LogP contribution in [0.15, 0.2) is 73.3 Å². The molecule has 0 radical (unpaired) electrons. The Bertz CT molecular complexity index is 1010. The fourth-order valence-corrected chi connectivity index (χ4v) is 2.66. The van der Waals surface area contributed by atoms with Crippen LogP contribution in [0.4, 0.5) is 0 Å². The molecular weight excluding hydrogens is 468 g/mol. The second-order valence-corrected chi connectivity index (χ2v) is 7.41. The van der Waals surface area contributed by atoms with Crippen LogP contribution < -0.4 is 14.2 Å². The van der Waals surface area contributed by atoms with E-state index in [4.69, 9.17) is 28.8 Å². The highest BCUT2D eigenvalue weighted by Crippen LogP contribution is 2.20. The van der Waals surface area contributed by atoms with Crippen molar-refractivity contribution in [1.82, 2.24) is 0 Å². The molecule has 2 aromatic rings. The Balaban J connectivity index is 1.66. The Kier molecular flexibility index (Phi) is 12.3. The molecule has 0 heterocycles. The Hall–Kier alpha value is -4.11. The van der Waals surface area contributed by atoms with Crippen LogP contribution in [0.1, 0.15) is 29.6 Å². The number of ether oxygens (including phenoxy) is 5. The molecule has 0 spiro atoms. The predicted molar refractivity (Wildman–Crippen MR) is 131 cm³/mol. The summed E-state index contributed by atoms with van der Waals surface area (Å²) in [5, 5.41) is 8.80. The zero-order chi connectivity index (χ0) is 26.2. The summed E-state index contributed by atoms with van der Waals surface area (Å²) >= 11 is 0. The average Bonchev–Trinajstić information content (AvgIpc) is 2.90. The molecule has 0 saturated heterocycles. The first-order valence-electron chi connectivity index (χ1n) is 11.4. The molecule has 0 unspecified atom stereocenters. The largest absolute Gasteiger partial charge is 0.494 e. The highest BCUT2D eigenvalue weighted by molar-refractivity contribution is 5.91. The van der Waals surface area contributed by atoms with Crippen molar-refractivity contribution >= 4 is 17.9 Å². The van der Waals surface area contributed by atoms with Gasteiger partial charge in [-0.25, -0.2) is 14.4 Å². The fourth-order valence-electron chi connectivity index (χ4n) is 2.66. The minimum Gasteiger partial charge on any atom is -0.494 e. The molecule has 2 aromatic carbocycles. The third-order valence-electron chi connectivity index (χ3n) is 4.61. The SMILES string of the molecule is C=CC(=O)OCCCOc1ccc(C(=O)Oc2ccc(OCCCCOC(=O)C(=C)CO)cc2)cc1. The lowest BCUT2D eigenvalue weighted by Gasteiger charge is -2.09. The third kappa shape index (κ3) is 10.4. The zero-order valence-electron chi connectivity index (χ0n) is 20.0. The van der Waals surface area contributed by atoms with Gasteiger partial charge in [-0.05, 0) is 61.4 Å². The second-order valence-electron chi connectivity index (χ2n) is 7.41. The molecule has 192 valence electrons. The molecule has 2 rings (SSSR count). The van der Waals surface area contributed by atoms with E-state index in [1.54, 1.807) is 48.5 Å². The summed E-state index contributed by atoms with van der Waals surface area (Å²) in [7, 11) is 0. The van der Waals surface area contributed by atoms with Crippen LogP contribution in [-0.4, -0.2) is 56.0 Å². The summed E-state index contributed by atoms with van der Waals surface area (Å²) in [5.74, 6) is -0.0194. The average molecular weight is 499 g/mol. The van der Waals surface area contributed by atoms with Crippen molar-refractivity contribution in [2.24, 2.45) is 0 Å². The predicted octanol–water partition coefficient (Wildman–Crippen LogP) is 3.65. The number of aliphatic hydroxyl groups excluding tert-OH is 1. The van der Waals surface area contributed by atoms with E-state index in [0.717, 1.165) is 6.08 Å². The molecule has 0 aliphatic rings. The number of rotatable bonds is 16. The van der Waals surface area contributed by atoms with E-state index in [1.165, 1.54) is 0 Å². The van der Waals surface area contributed by atoms with E-state index < -0.39 is 24.5 Å². The van der Waals surface area contributed by atoms with E-state index >= 15 is 0 Å². The van der Waals surface area contributed by atoms with Gasteiger partial charge in [-0.2, -0.15) is 0 Å². The van der Waals surface area contributed by atoms with Crippen molar-refractivity contribution in [3.8, 4) is 17.2 Å². The first kappa shape index (κ1) is 28.1.